The van der Waals surface area contributed by atoms with Crippen LogP contribution < -0.4 is 4.57 Å². The van der Waals surface area contributed by atoms with Gasteiger partial charge in [0.25, 0.3) is 0 Å². The van der Waals surface area contributed by atoms with Crippen molar-refractivity contribution in [2.45, 2.75) is 14.0 Å². The number of pyridine rings is 1. The van der Waals surface area contributed by atoms with E-state index in [1.165, 1.54) is 0 Å². The van der Waals surface area contributed by atoms with E-state index < -0.39 is 0 Å². The van der Waals surface area contributed by atoms with Crippen molar-refractivity contribution in [2.24, 2.45) is 0 Å². The molecule has 1 aromatic rings. The third-order valence-corrected chi connectivity index (χ3v) is 1.12. The van der Waals surface area contributed by atoms with Gasteiger partial charge in [0.15, 0.2) is 18.9 Å². The molecule has 0 amide bonds. The smallest absolute Gasteiger partial charge is 0.169 e. The average molecular weight is 136 g/mol. The monoisotopic (exact) mass is 136 g/mol. The average Bonchev–Trinajstić information content (AvgIpc) is 1.91. The first-order valence-corrected chi connectivity index (χ1v) is 2.98. The Hall–Kier alpha value is -1.11. The molecule has 10 heavy (non-hydrogen) atoms. The first kappa shape index (κ1) is 8.89. The molecule has 0 aliphatic heterocycles. The minimum atomic E-state index is 0. The normalized spacial score (nSPS) is 8.00. The van der Waals surface area contributed by atoms with Crippen LogP contribution in [0.25, 0.3) is 0 Å². The van der Waals surface area contributed by atoms with Crippen LogP contribution in [0.1, 0.15) is 7.43 Å². The fourth-order valence-corrected chi connectivity index (χ4v) is 0.705. The van der Waals surface area contributed by atoms with Crippen molar-refractivity contribution in [1.29, 1.82) is 0 Å². The van der Waals surface area contributed by atoms with Gasteiger partial charge in [0.1, 0.15) is 0 Å². The molecule has 0 aliphatic rings. The second-order valence-corrected chi connectivity index (χ2v) is 1.86. The van der Waals surface area contributed by atoms with E-state index in [9.17, 15) is 0 Å². The van der Waals surface area contributed by atoms with Crippen LogP contribution in [0.2, 0.25) is 0 Å². The van der Waals surface area contributed by atoms with Gasteiger partial charge >= 0.3 is 0 Å². The molecule has 0 bridgehead atoms. The first-order valence-electron chi connectivity index (χ1n) is 2.98. The molecule has 1 nitrogen and oxygen atoms in total. The SMILES string of the molecule is C.C=CC[n+]1ccccc1. The van der Waals surface area contributed by atoms with Gasteiger partial charge in [-0.05, 0) is 6.08 Å². The summed E-state index contributed by atoms with van der Waals surface area (Å²) in [5, 5.41) is 0. The predicted octanol–water partition coefficient (Wildman–Crippen LogP) is 1.80. The minimum absolute atomic E-state index is 0. The van der Waals surface area contributed by atoms with Gasteiger partial charge in [0, 0.05) is 12.1 Å². The van der Waals surface area contributed by atoms with Gasteiger partial charge in [-0.2, -0.15) is 0 Å². The Kier molecular flexibility index (Phi) is 4.21. The summed E-state index contributed by atoms with van der Waals surface area (Å²) >= 11 is 0. The van der Waals surface area contributed by atoms with Gasteiger partial charge in [-0.25, -0.2) is 4.57 Å². The van der Waals surface area contributed by atoms with E-state index in [4.69, 9.17) is 0 Å². The summed E-state index contributed by atoms with van der Waals surface area (Å²) in [6, 6.07) is 6.01. The highest BCUT2D eigenvalue weighted by Crippen LogP contribution is 1.75. The Balaban J connectivity index is 0.000000810. The molecule has 0 N–H and O–H groups in total. The zero-order valence-corrected chi connectivity index (χ0v) is 5.33. The maximum atomic E-state index is 3.64. The lowest BCUT2D eigenvalue weighted by Gasteiger charge is -1.86. The largest absolute Gasteiger partial charge is 0.201 e. The third-order valence-electron chi connectivity index (χ3n) is 1.12. The van der Waals surface area contributed by atoms with E-state index in [2.05, 4.69) is 11.1 Å². The van der Waals surface area contributed by atoms with E-state index in [-0.39, 0.29) is 7.43 Å². The van der Waals surface area contributed by atoms with Gasteiger partial charge in [0.05, 0.1) is 0 Å². The molecule has 0 radical (unpaired) electrons. The Morgan fingerprint density at radius 1 is 1.20 bits per heavy atom. The van der Waals surface area contributed by atoms with E-state index >= 15 is 0 Å². The van der Waals surface area contributed by atoms with Gasteiger partial charge in [-0.15, -0.1) is 0 Å². The molecule has 0 aliphatic carbocycles. The van der Waals surface area contributed by atoms with Crippen LogP contribution in [0.4, 0.5) is 0 Å². The Bertz CT molecular complexity index is 179. The number of aromatic nitrogens is 1. The van der Waals surface area contributed by atoms with Gasteiger partial charge in [-0.1, -0.05) is 20.1 Å². The zero-order valence-electron chi connectivity index (χ0n) is 5.33. The van der Waals surface area contributed by atoms with Gasteiger partial charge in [0.2, 0.25) is 0 Å². The van der Waals surface area contributed by atoms with Crippen LogP contribution in [0.5, 0.6) is 0 Å². The first-order chi connectivity index (χ1) is 4.43. The summed E-state index contributed by atoms with van der Waals surface area (Å²) in [4.78, 5) is 0. The minimum Gasteiger partial charge on any atom is -0.201 e. The zero-order chi connectivity index (χ0) is 6.53. The molecule has 54 valence electrons. The Morgan fingerprint density at radius 3 is 2.30 bits per heavy atom. The summed E-state index contributed by atoms with van der Waals surface area (Å²) in [6.07, 6.45) is 5.91. The molecule has 0 fully saturated rings. The van der Waals surface area contributed by atoms with Crippen molar-refractivity contribution in [1.82, 2.24) is 0 Å². The van der Waals surface area contributed by atoms with E-state index in [0.29, 0.717) is 0 Å². The number of nitrogens with zero attached hydrogens (tertiary/aromatic N) is 1. The molecule has 1 heterocycles. The van der Waals surface area contributed by atoms with Crippen molar-refractivity contribution >= 4 is 0 Å². The van der Waals surface area contributed by atoms with Crippen LogP contribution in [-0.2, 0) is 6.54 Å². The molecule has 0 atom stereocenters. The highest BCUT2D eigenvalue weighted by atomic mass is 14.9. The number of hydrogen-bond acceptors (Lipinski definition) is 0. The van der Waals surface area contributed by atoms with Crippen molar-refractivity contribution in [2.75, 3.05) is 0 Å². The second-order valence-electron chi connectivity index (χ2n) is 1.86. The van der Waals surface area contributed by atoms with Crippen molar-refractivity contribution in [3.63, 3.8) is 0 Å². The number of rotatable bonds is 2. The fourth-order valence-electron chi connectivity index (χ4n) is 0.705. The Labute approximate surface area is 62.6 Å². The molecule has 0 aromatic carbocycles. The molecule has 0 unspecified atom stereocenters. The highest BCUT2D eigenvalue weighted by Gasteiger charge is 1.88. The van der Waals surface area contributed by atoms with Gasteiger partial charge < -0.3 is 0 Å². The molecule has 0 saturated heterocycles. The summed E-state index contributed by atoms with van der Waals surface area (Å²) in [7, 11) is 0. The fraction of sp³-hybridized carbons (Fsp3) is 0.222. The lowest BCUT2D eigenvalue weighted by atomic mass is 10.5. The van der Waals surface area contributed by atoms with Crippen LogP contribution in [0.3, 0.4) is 0 Å². The quantitative estimate of drug-likeness (QED) is 0.431. The van der Waals surface area contributed by atoms with Crippen LogP contribution in [0, 0.1) is 0 Å². The molecule has 0 spiro atoms. The second kappa shape index (κ2) is 4.74. The standard InChI is InChI=1S/C8H10N.CH4/c1-2-6-9-7-4-3-5-8-9;/h2-5,7-8H,1,6H2;1H4/q+1;. The highest BCUT2D eigenvalue weighted by molar-refractivity contribution is 4.83. The molecule has 0 saturated carbocycles. The molecular formula is C9H14N+. The van der Waals surface area contributed by atoms with E-state index in [1.807, 2.05) is 36.7 Å². The summed E-state index contributed by atoms with van der Waals surface area (Å²) in [6.45, 7) is 4.52. The van der Waals surface area contributed by atoms with E-state index in [0.717, 1.165) is 6.54 Å². The van der Waals surface area contributed by atoms with Crippen molar-refractivity contribution < 1.29 is 4.57 Å². The topological polar surface area (TPSA) is 3.88 Å². The van der Waals surface area contributed by atoms with Crippen molar-refractivity contribution in [3.05, 3.63) is 43.2 Å². The Morgan fingerprint density at radius 2 is 1.80 bits per heavy atom. The lowest BCUT2D eigenvalue weighted by Crippen LogP contribution is -2.30. The maximum absolute atomic E-state index is 3.64. The number of hydrogen-bond donors (Lipinski definition) is 0. The van der Waals surface area contributed by atoms with E-state index in [1.54, 1.807) is 0 Å². The summed E-state index contributed by atoms with van der Waals surface area (Å²) in [5.74, 6) is 0. The molecule has 1 aromatic heterocycles. The number of allylic oxidation sites excluding steroid dienone is 1. The molecular weight excluding hydrogens is 122 g/mol. The molecule has 1 heteroatoms. The third kappa shape index (κ3) is 2.44. The van der Waals surface area contributed by atoms with Crippen molar-refractivity contribution in [3.8, 4) is 0 Å². The predicted molar refractivity (Wildman–Crippen MR) is 43.6 cm³/mol. The van der Waals surface area contributed by atoms with Gasteiger partial charge in [-0.3, -0.25) is 0 Å². The van der Waals surface area contributed by atoms with Crippen LogP contribution in [0.15, 0.2) is 43.2 Å². The molecule has 1 rings (SSSR count). The maximum Gasteiger partial charge on any atom is 0.169 e. The van der Waals surface area contributed by atoms with Crippen LogP contribution >= 0.6 is 0 Å². The lowest BCUT2D eigenvalue weighted by molar-refractivity contribution is -0.687. The summed E-state index contributed by atoms with van der Waals surface area (Å²) < 4.78 is 2.06. The van der Waals surface area contributed by atoms with Crippen LogP contribution in [-0.4, -0.2) is 0 Å². The summed E-state index contributed by atoms with van der Waals surface area (Å²) in [5.41, 5.74) is 0.